The third kappa shape index (κ3) is 4.16. The van der Waals surface area contributed by atoms with Crippen molar-refractivity contribution in [2.45, 2.75) is 6.92 Å². The molecule has 29 heavy (non-hydrogen) atoms. The highest BCUT2D eigenvalue weighted by Gasteiger charge is 2.12. The van der Waals surface area contributed by atoms with Crippen molar-refractivity contribution in [1.82, 2.24) is 10.1 Å². The lowest BCUT2D eigenvalue weighted by atomic mass is 10.1. The number of ether oxygens (including phenoxy) is 1. The monoisotopic (exact) mass is 385 g/mol. The van der Waals surface area contributed by atoms with Gasteiger partial charge in [-0.05, 0) is 61.5 Å². The molecule has 3 aromatic carbocycles. The van der Waals surface area contributed by atoms with Crippen LogP contribution in [0.4, 0.5) is 5.69 Å². The number of rotatable bonds is 5. The van der Waals surface area contributed by atoms with Crippen LogP contribution in [0, 0.1) is 6.92 Å². The summed E-state index contributed by atoms with van der Waals surface area (Å²) in [6, 6.07) is 22.1. The first-order chi connectivity index (χ1) is 14.1. The number of anilines is 1. The standard InChI is InChI=1S/C23H19N3O3/c1-15-6-8-17(9-7-15)22(27)24-19-5-3-4-18(14-19)23-25-21(26-29-23)16-10-12-20(28-2)13-11-16/h3-14H,1-2H3,(H,24,27). The molecule has 1 heterocycles. The van der Waals surface area contributed by atoms with E-state index >= 15 is 0 Å². The van der Waals surface area contributed by atoms with Crippen LogP contribution in [-0.2, 0) is 0 Å². The first-order valence-electron chi connectivity index (χ1n) is 9.09. The van der Waals surface area contributed by atoms with Gasteiger partial charge in [0.05, 0.1) is 7.11 Å². The van der Waals surface area contributed by atoms with E-state index in [0.717, 1.165) is 22.4 Å². The van der Waals surface area contributed by atoms with E-state index in [4.69, 9.17) is 9.26 Å². The Hall–Kier alpha value is -3.93. The van der Waals surface area contributed by atoms with Gasteiger partial charge in [-0.2, -0.15) is 4.98 Å². The number of carbonyl (C=O) groups excluding carboxylic acids is 1. The third-order valence-electron chi connectivity index (χ3n) is 4.46. The van der Waals surface area contributed by atoms with Gasteiger partial charge in [0, 0.05) is 22.4 Å². The van der Waals surface area contributed by atoms with E-state index < -0.39 is 0 Å². The van der Waals surface area contributed by atoms with Gasteiger partial charge in [0.1, 0.15) is 5.75 Å². The van der Waals surface area contributed by atoms with Crippen LogP contribution >= 0.6 is 0 Å². The summed E-state index contributed by atoms with van der Waals surface area (Å²) in [5.41, 5.74) is 3.90. The van der Waals surface area contributed by atoms with Crippen LogP contribution in [0.15, 0.2) is 77.3 Å². The normalized spacial score (nSPS) is 10.6. The van der Waals surface area contributed by atoms with Crippen molar-refractivity contribution in [1.29, 1.82) is 0 Å². The topological polar surface area (TPSA) is 77.3 Å². The summed E-state index contributed by atoms with van der Waals surface area (Å²) in [6.45, 7) is 1.98. The molecule has 6 heteroatoms. The molecule has 0 bridgehead atoms. The van der Waals surface area contributed by atoms with Crippen LogP contribution in [0.25, 0.3) is 22.8 Å². The van der Waals surface area contributed by atoms with Crippen LogP contribution in [0.2, 0.25) is 0 Å². The molecule has 0 aliphatic heterocycles. The molecule has 6 nitrogen and oxygen atoms in total. The summed E-state index contributed by atoms with van der Waals surface area (Å²) in [6.07, 6.45) is 0. The molecule has 0 saturated carbocycles. The highest BCUT2D eigenvalue weighted by Crippen LogP contribution is 2.25. The number of aromatic nitrogens is 2. The van der Waals surface area contributed by atoms with Gasteiger partial charge in [-0.3, -0.25) is 4.79 Å². The predicted molar refractivity (Wildman–Crippen MR) is 111 cm³/mol. The summed E-state index contributed by atoms with van der Waals surface area (Å²) in [7, 11) is 1.62. The highest BCUT2D eigenvalue weighted by molar-refractivity contribution is 6.04. The lowest BCUT2D eigenvalue weighted by Gasteiger charge is -2.06. The minimum Gasteiger partial charge on any atom is -0.497 e. The number of carbonyl (C=O) groups is 1. The van der Waals surface area contributed by atoms with Gasteiger partial charge in [0.15, 0.2) is 0 Å². The molecule has 0 fully saturated rings. The van der Waals surface area contributed by atoms with Crippen LogP contribution in [0.1, 0.15) is 15.9 Å². The smallest absolute Gasteiger partial charge is 0.258 e. The fourth-order valence-electron chi connectivity index (χ4n) is 2.84. The van der Waals surface area contributed by atoms with Crippen LogP contribution < -0.4 is 10.1 Å². The van der Waals surface area contributed by atoms with Gasteiger partial charge < -0.3 is 14.6 Å². The summed E-state index contributed by atoms with van der Waals surface area (Å²) >= 11 is 0. The number of amides is 1. The molecule has 4 aromatic rings. The largest absolute Gasteiger partial charge is 0.497 e. The van der Waals surface area contributed by atoms with Crippen LogP contribution in [0.5, 0.6) is 5.75 Å². The maximum atomic E-state index is 12.4. The lowest BCUT2D eigenvalue weighted by Crippen LogP contribution is -2.11. The summed E-state index contributed by atoms with van der Waals surface area (Å²) in [4.78, 5) is 16.9. The van der Waals surface area contributed by atoms with E-state index in [1.165, 1.54) is 0 Å². The van der Waals surface area contributed by atoms with Crippen molar-refractivity contribution in [3.05, 3.63) is 83.9 Å². The van der Waals surface area contributed by atoms with Crippen molar-refractivity contribution < 1.29 is 14.1 Å². The Balaban J connectivity index is 1.53. The van der Waals surface area contributed by atoms with E-state index in [9.17, 15) is 4.79 Å². The molecule has 4 rings (SSSR count). The van der Waals surface area contributed by atoms with Crippen LogP contribution in [0.3, 0.4) is 0 Å². The highest BCUT2D eigenvalue weighted by atomic mass is 16.5. The van der Waals surface area contributed by atoms with Crippen molar-refractivity contribution >= 4 is 11.6 Å². The Morgan fingerprint density at radius 1 is 0.966 bits per heavy atom. The number of hydrogen-bond donors (Lipinski definition) is 1. The van der Waals surface area contributed by atoms with E-state index in [-0.39, 0.29) is 5.91 Å². The fourth-order valence-corrected chi connectivity index (χ4v) is 2.84. The number of hydrogen-bond acceptors (Lipinski definition) is 5. The predicted octanol–water partition coefficient (Wildman–Crippen LogP) is 4.97. The Labute approximate surface area is 168 Å². The third-order valence-corrected chi connectivity index (χ3v) is 4.46. The zero-order chi connectivity index (χ0) is 20.2. The molecule has 1 N–H and O–H groups in total. The number of aryl methyl sites for hydroxylation is 1. The van der Waals surface area contributed by atoms with Crippen molar-refractivity contribution in [2.24, 2.45) is 0 Å². The second kappa shape index (κ2) is 7.98. The van der Waals surface area contributed by atoms with E-state index in [1.807, 2.05) is 61.5 Å². The summed E-state index contributed by atoms with van der Waals surface area (Å²) < 4.78 is 10.6. The molecule has 0 atom stereocenters. The summed E-state index contributed by atoms with van der Waals surface area (Å²) in [5, 5.41) is 6.95. The molecule has 0 radical (unpaired) electrons. The minimum atomic E-state index is -0.174. The molecule has 1 amide bonds. The van der Waals surface area contributed by atoms with E-state index in [1.54, 1.807) is 25.3 Å². The second-order valence-corrected chi connectivity index (χ2v) is 6.55. The Morgan fingerprint density at radius 2 is 1.72 bits per heavy atom. The Morgan fingerprint density at radius 3 is 2.45 bits per heavy atom. The van der Waals surface area contributed by atoms with Gasteiger partial charge in [-0.1, -0.05) is 28.9 Å². The molecule has 0 aliphatic rings. The molecule has 0 aliphatic carbocycles. The lowest BCUT2D eigenvalue weighted by molar-refractivity contribution is 0.102. The Bertz CT molecular complexity index is 1130. The maximum Gasteiger partial charge on any atom is 0.258 e. The molecule has 1 aromatic heterocycles. The van der Waals surface area contributed by atoms with Gasteiger partial charge in [0.2, 0.25) is 5.82 Å². The minimum absolute atomic E-state index is 0.174. The first kappa shape index (κ1) is 18.4. The number of benzene rings is 3. The zero-order valence-corrected chi connectivity index (χ0v) is 16.0. The van der Waals surface area contributed by atoms with Crippen LogP contribution in [-0.4, -0.2) is 23.2 Å². The van der Waals surface area contributed by atoms with Gasteiger partial charge in [0.25, 0.3) is 11.8 Å². The fraction of sp³-hybridized carbons (Fsp3) is 0.0870. The van der Waals surface area contributed by atoms with Crippen molar-refractivity contribution in [3.8, 4) is 28.6 Å². The summed E-state index contributed by atoms with van der Waals surface area (Å²) in [5.74, 6) is 1.44. The molecule has 0 spiro atoms. The average molecular weight is 385 g/mol. The molecular weight excluding hydrogens is 366 g/mol. The number of methoxy groups -OCH3 is 1. The molecular formula is C23H19N3O3. The first-order valence-corrected chi connectivity index (χ1v) is 9.09. The van der Waals surface area contributed by atoms with Crippen molar-refractivity contribution in [2.75, 3.05) is 12.4 Å². The quantitative estimate of drug-likeness (QED) is 0.525. The van der Waals surface area contributed by atoms with Gasteiger partial charge >= 0.3 is 0 Å². The molecule has 144 valence electrons. The average Bonchev–Trinajstić information content (AvgIpc) is 3.25. The zero-order valence-electron chi connectivity index (χ0n) is 16.0. The molecule has 0 saturated heterocycles. The van der Waals surface area contributed by atoms with Crippen molar-refractivity contribution in [3.63, 3.8) is 0 Å². The van der Waals surface area contributed by atoms with E-state index in [0.29, 0.717) is 23.0 Å². The Kier molecular flexibility index (Phi) is 5.07. The maximum absolute atomic E-state index is 12.4. The van der Waals surface area contributed by atoms with Gasteiger partial charge in [-0.25, -0.2) is 0 Å². The number of nitrogens with zero attached hydrogens (tertiary/aromatic N) is 2. The molecule has 0 unspecified atom stereocenters. The second-order valence-electron chi connectivity index (χ2n) is 6.55. The van der Waals surface area contributed by atoms with E-state index in [2.05, 4.69) is 15.5 Å². The number of nitrogens with one attached hydrogen (secondary N) is 1. The SMILES string of the molecule is COc1ccc(-c2noc(-c3cccc(NC(=O)c4ccc(C)cc4)c3)n2)cc1. The van der Waals surface area contributed by atoms with Gasteiger partial charge in [-0.15, -0.1) is 0 Å².